The van der Waals surface area contributed by atoms with E-state index in [0.29, 0.717) is 18.8 Å². The van der Waals surface area contributed by atoms with Crippen molar-refractivity contribution in [3.05, 3.63) is 59.6 Å². The fraction of sp³-hybridized carbons (Fsp3) is 0.316. The van der Waals surface area contributed by atoms with Crippen molar-refractivity contribution in [2.45, 2.75) is 17.4 Å². The van der Waals surface area contributed by atoms with Gasteiger partial charge in [-0.2, -0.15) is 4.31 Å². The number of piperazine rings is 1. The van der Waals surface area contributed by atoms with Gasteiger partial charge in [0.1, 0.15) is 5.83 Å². The average molecular weight is 389 g/mol. The van der Waals surface area contributed by atoms with Gasteiger partial charge in [0, 0.05) is 49.4 Å². The number of rotatable bonds is 4. The van der Waals surface area contributed by atoms with Crippen LogP contribution in [-0.4, -0.2) is 55.8 Å². The second-order valence-corrected chi connectivity index (χ2v) is 8.65. The van der Waals surface area contributed by atoms with Crippen LogP contribution in [0.15, 0.2) is 63.9 Å². The molecule has 0 aromatic heterocycles. The number of aliphatic hydroxyl groups is 1. The van der Waals surface area contributed by atoms with Crippen LogP contribution in [0.1, 0.15) is 12.0 Å². The number of allylic oxidation sites excluding steroid dienone is 5. The van der Waals surface area contributed by atoms with E-state index in [4.69, 9.17) is 0 Å². The number of fused-ring (bicyclic) bond motifs is 1. The minimum absolute atomic E-state index is 0.106. The first-order valence-corrected chi connectivity index (χ1v) is 10.2. The normalized spacial score (nSPS) is 23.3. The second kappa shape index (κ2) is 7.12. The van der Waals surface area contributed by atoms with Crippen LogP contribution in [0, 0.1) is 0 Å². The molecule has 2 N–H and O–H groups in total. The summed E-state index contributed by atoms with van der Waals surface area (Å²) >= 11 is 0. The van der Waals surface area contributed by atoms with Crippen molar-refractivity contribution in [2.75, 3.05) is 26.2 Å². The Morgan fingerprint density at radius 2 is 2.00 bits per heavy atom. The minimum Gasteiger partial charge on any atom is -0.395 e. The van der Waals surface area contributed by atoms with Gasteiger partial charge in [0.2, 0.25) is 10.0 Å². The maximum absolute atomic E-state index is 13.4. The minimum atomic E-state index is -3.62. The summed E-state index contributed by atoms with van der Waals surface area (Å²) in [4.78, 5) is 4.49. The van der Waals surface area contributed by atoms with Crippen molar-refractivity contribution in [2.24, 2.45) is 4.99 Å². The average Bonchev–Trinajstić information content (AvgIpc) is 3.11. The Morgan fingerprint density at radius 3 is 2.74 bits per heavy atom. The quantitative estimate of drug-likeness (QED) is 0.820. The fourth-order valence-corrected chi connectivity index (χ4v) is 4.96. The third kappa shape index (κ3) is 3.41. The smallest absolute Gasteiger partial charge is 0.243 e. The Balaban J connectivity index is 1.56. The maximum atomic E-state index is 13.4. The lowest BCUT2D eigenvalue weighted by atomic mass is 9.93. The van der Waals surface area contributed by atoms with Gasteiger partial charge in [-0.25, -0.2) is 12.8 Å². The highest BCUT2D eigenvalue weighted by atomic mass is 32.2. The van der Waals surface area contributed by atoms with Crippen LogP contribution < -0.4 is 5.32 Å². The molecule has 2 heterocycles. The van der Waals surface area contributed by atoms with Gasteiger partial charge in [-0.05, 0) is 29.8 Å². The van der Waals surface area contributed by atoms with Crippen LogP contribution in [0.25, 0.3) is 5.57 Å². The van der Waals surface area contributed by atoms with Gasteiger partial charge >= 0.3 is 0 Å². The highest BCUT2D eigenvalue weighted by molar-refractivity contribution is 7.89. The molecule has 0 radical (unpaired) electrons. The summed E-state index contributed by atoms with van der Waals surface area (Å²) in [7, 11) is -3.62. The molecule has 1 unspecified atom stereocenters. The van der Waals surface area contributed by atoms with Gasteiger partial charge in [0.15, 0.2) is 0 Å². The zero-order valence-electron chi connectivity index (χ0n) is 14.6. The number of hydrogen-bond acceptors (Lipinski definition) is 5. The van der Waals surface area contributed by atoms with Gasteiger partial charge in [0.25, 0.3) is 0 Å². The predicted molar refractivity (Wildman–Crippen MR) is 101 cm³/mol. The van der Waals surface area contributed by atoms with Crippen LogP contribution in [0.4, 0.5) is 4.39 Å². The van der Waals surface area contributed by atoms with Crippen LogP contribution in [0.2, 0.25) is 0 Å². The van der Waals surface area contributed by atoms with E-state index in [1.165, 1.54) is 10.4 Å². The summed E-state index contributed by atoms with van der Waals surface area (Å²) in [6, 6.07) is 6.41. The van der Waals surface area contributed by atoms with E-state index < -0.39 is 10.0 Å². The summed E-state index contributed by atoms with van der Waals surface area (Å²) in [5.74, 6) is -0.217. The van der Waals surface area contributed by atoms with Crippen molar-refractivity contribution in [3.8, 4) is 0 Å². The highest BCUT2D eigenvalue weighted by Gasteiger charge is 2.30. The van der Waals surface area contributed by atoms with E-state index in [2.05, 4.69) is 10.3 Å². The number of benzene rings is 1. The van der Waals surface area contributed by atoms with Crippen LogP contribution in [-0.2, 0) is 10.0 Å². The topological polar surface area (TPSA) is 82.0 Å². The van der Waals surface area contributed by atoms with Gasteiger partial charge < -0.3 is 10.4 Å². The standard InChI is InChI=1S/C19H20FN3O3S/c20-14-3-6-17-18(10-22-19(17)9-14)13-1-4-16(5-2-13)27(25,26)23-8-7-21-15(11-23)12-24/h1-6,10,15,21,24H,7-9,11-12H2. The Kier molecular flexibility index (Phi) is 4.81. The molecule has 1 atom stereocenters. The van der Waals surface area contributed by atoms with Crippen LogP contribution in [0.5, 0.6) is 0 Å². The molecule has 1 fully saturated rings. The number of halogens is 1. The molecule has 1 aliphatic carbocycles. The molecule has 27 heavy (non-hydrogen) atoms. The lowest BCUT2D eigenvalue weighted by Gasteiger charge is -2.31. The SMILES string of the molecule is O=S(=O)(c1ccc(C2=CN=C3CC(F)=CC=C23)cc1)N1CCNC(CO)C1. The molecule has 2 aliphatic heterocycles. The van der Waals surface area contributed by atoms with Gasteiger partial charge in [-0.3, -0.25) is 4.99 Å². The Labute approximate surface area is 157 Å². The predicted octanol–water partition coefficient (Wildman–Crippen LogP) is 1.62. The lowest BCUT2D eigenvalue weighted by molar-refractivity contribution is 0.195. The van der Waals surface area contributed by atoms with Crippen molar-refractivity contribution < 1.29 is 17.9 Å². The zero-order chi connectivity index (χ0) is 19.0. The first-order chi connectivity index (χ1) is 13.0. The second-order valence-electron chi connectivity index (χ2n) is 6.71. The molecule has 1 aromatic carbocycles. The van der Waals surface area contributed by atoms with E-state index in [1.807, 2.05) is 0 Å². The van der Waals surface area contributed by atoms with Crippen molar-refractivity contribution in [1.29, 1.82) is 0 Å². The van der Waals surface area contributed by atoms with E-state index in [-0.39, 0.29) is 36.3 Å². The molecule has 1 aromatic rings. The van der Waals surface area contributed by atoms with Crippen molar-refractivity contribution >= 4 is 21.3 Å². The zero-order valence-corrected chi connectivity index (χ0v) is 15.4. The highest BCUT2D eigenvalue weighted by Crippen LogP contribution is 2.34. The molecule has 0 spiro atoms. The number of hydrogen-bond donors (Lipinski definition) is 2. The third-order valence-corrected chi connectivity index (χ3v) is 6.84. The van der Waals surface area contributed by atoms with Gasteiger partial charge in [-0.15, -0.1) is 0 Å². The van der Waals surface area contributed by atoms with Gasteiger partial charge in [-0.1, -0.05) is 12.1 Å². The molecule has 0 amide bonds. The monoisotopic (exact) mass is 389 g/mol. The molecular weight excluding hydrogens is 369 g/mol. The summed E-state index contributed by atoms with van der Waals surface area (Å²) < 4.78 is 40.5. The van der Waals surface area contributed by atoms with Crippen molar-refractivity contribution in [1.82, 2.24) is 9.62 Å². The Hall–Kier alpha value is -2.13. The van der Waals surface area contributed by atoms with Crippen LogP contribution >= 0.6 is 0 Å². The molecular formula is C19H20FN3O3S. The molecule has 4 rings (SSSR count). The van der Waals surface area contributed by atoms with E-state index >= 15 is 0 Å². The molecule has 1 saturated heterocycles. The Morgan fingerprint density at radius 1 is 1.22 bits per heavy atom. The largest absolute Gasteiger partial charge is 0.395 e. The number of aliphatic imine (C=N–C) groups is 1. The number of sulfonamides is 1. The van der Waals surface area contributed by atoms with Crippen molar-refractivity contribution in [3.63, 3.8) is 0 Å². The summed E-state index contributed by atoms with van der Waals surface area (Å²) in [6.07, 6.45) is 5.03. The molecule has 142 valence electrons. The number of nitrogens with zero attached hydrogens (tertiary/aromatic N) is 2. The maximum Gasteiger partial charge on any atom is 0.243 e. The lowest BCUT2D eigenvalue weighted by Crippen LogP contribution is -2.53. The third-order valence-electron chi connectivity index (χ3n) is 4.96. The number of aliphatic hydroxyl groups excluding tert-OH is 1. The first-order valence-electron chi connectivity index (χ1n) is 8.78. The summed E-state index contributed by atoms with van der Waals surface area (Å²) in [5, 5.41) is 12.4. The molecule has 0 bridgehead atoms. The van der Waals surface area contributed by atoms with E-state index in [1.54, 1.807) is 36.5 Å². The van der Waals surface area contributed by atoms with Crippen LogP contribution in [0.3, 0.4) is 0 Å². The molecule has 8 heteroatoms. The number of nitrogens with one attached hydrogen (secondary N) is 1. The van der Waals surface area contributed by atoms with Gasteiger partial charge in [0.05, 0.1) is 17.2 Å². The summed E-state index contributed by atoms with van der Waals surface area (Å²) in [5.41, 5.74) is 3.26. The summed E-state index contributed by atoms with van der Waals surface area (Å²) in [6.45, 7) is 1.01. The molecule has 3 aliphatic rings. The van der Waals surface area contributed by atoms with E-state index in [9.17, 15) is 17.9 Å². The van der Waals surface area contributed by atoms with E-state index in [0.717, 1.165) is 16.7 Å². The first kappa shape index (κ1) is 18.2. The molecule has 0 saturated carbocycles. The molecule has 6 nitrogen and oxygen atoms in total. The Bertz CT molecular complexity index is 978. The fourth-order valence-electron chi connectivity index (χ4n) is 3.48.